The fourth-order valence-corrected chi connectivity index (χ4v) is 2.90. The molecule has 0 spiro atoms. The number of likely N-dealkylation sites (tertiary alicyclic amines) is 1. The first kappa shape index (κ1) is 16.4. The Morgan fingerprint density at radius 2 is 1.84 bits per heavy atom. The van der Waals surface area contributed by atoms with Gasteiger partial charge in [0.05, 0.1) is 19.1 Å². The Kier molecular flexibility index (Phi) is 8.07. The molecule has 19 heavy (non-hydrogen) atoms. The molecule has 0 aliphatic carbocycles. The Hall–Kier alpha value is -0.610. The second kappa shape index (κ2) is 9.32. The maximum absolute atomic E-state index is 10.4. The maximum Gasteiger partial charge on any atom is 0.305 e. The number of carbonyl (C=O) groups is 1. The van der Waals surface area contributed by atoms with Crippen LogP contribution >= 0.6 is 0 Å². The van der Waals surface area contributed by atoms with Crippen LogP contribution in [0.15, 0.2) is 0 Å². The number of carboxylic acid groups (broad SMARTS) is 1. The lowest BCUT2D eigenvalue weighted by atomic mass is 10.00. The molecule has 4 nitrogen and oxygen atoms in total. The number of piperidine rings is 1. The van der Waals surface area contributed by atoms with Crippen molar-refractivity contribution in [3.8, 4) is 0 Å². The van der Waals surface area contributed by atoms with Crippen LogP contribution in [0.4, 0.5) is 0 Å². The van der Waals surface area contributed by atoms with E-state index in [1.807, 2.05) is 0 Å². The first-order valence-corrected chi connectivity index (χ1v) is 7.74. The summed E-state index contributed by atoms with van der Waals surface area (Å²) in [5.74, 6) is -0.775. The molecular weight excluding hydrogens is 242 g/mol. The van der Waals surface area contributed by atoms with Gasteiger partial charge in [0, 0.05) is 19.1 Å². The molecule has 0 aromatic carbocycles. The second-order valence-electron chi connectivity index (χ2n) is 5.48. The van der Waals surface area contributed by atoms with Crippen molar-refractivity contribution >= 4 is 5.97 Å². The summed E-state index contributed by atoms with van der Waals surface area (Å²) >= 11 is 0. The number of carboxylic acids is 1. The highest BCUT2D eigenvalue weighted by Gasteiger charge is 2.24. The van der Waals surface area contributed by atoms with Gasteiger partial charge in [-0.25, -0.2) is 0 Å². The van der Waals surface area contributed by atoms with E-state index in [1.54, 1.807) is 0 Å². The van der Waals surface area contributed by atoms with E-state index < -0.39 is 5.97 Å². The molecule has 0 bridgehead atoms. The Morgan fingerprint density at radius 3 is 2.32 bits per heavy atom. The van der Waals surface area contributed by atoms with Gasteiger partial charge in [0.15, 0.2) is 0 Å². The fraction of sp³-hybridized carbons (Fsp3) is 0.933. The highest BCUT2D eigenvalue weighted by molar-refractivity contribution is 5.66. The topological polar surface area (TPSA) is 49.8 Å². The SMILES string of the molecule is CCCC(CCC)N1CCC(OCCC(=O)O)CC1. The zero-order valence-electron chi connectivity index (χ0n) is 12.4. The van der Waals surface area contributed by atoms with Crippen molar-refractivity contribution in [2.24, 2.45) is 0 Å². The molecular formula is C15H29NO3. The van der Waals surface area contributed by atoms with Gasteiger partial charge in [-0.3, -0.25) is 4.79 Å². The van der Waals surface area contributed by atoms with E-state index in [1.165, 1.54) is 25.7 Å². The van der Waals surface area contributed by atoms with E-state index in [0.717, 1.165) is 32.0 Å². The third-order valence-corrected chi connectivity index (χ3v) is 3.91. The van der Waals surface area contributed by atoms with Gasteiger partial charge in [-0.2, -0.15) is 0 Å². The number of aliphatic carboxylic acids is 1. The van der Waals surface area contributed by atoms with Crippen LogP contribution < -0.4 is 0 Å². The third kappa shape index (κ3) is 6.39. The van der Waals surface area contributed by atoms with E-state index in [-0.39, 0.29) is 12.5 Å². The lowest BCUT2D eigenvalue weighted by molar-refractivity contribution is -0.138. The summed E-state index contributed by atoms with van der Waals surface area (Å²) in [5, 5.41) is 8.59. The van der Waals surface area contributed by atoms with Gasteiger partial charge < -0.3 is 14.7 Å². The molecule has 1 fully saturated rings. The molecule has 0 saturated carbocycles. The van der Waals surface area contributed by atoms with Crippen molar-refractivity contribution in [1.29, 1.82) is 0 Å². The number of nitrogens with zero attached hydrogens (tertiary/aromatic N) is 1. The largest absolute Gasteiger partial charge is 0.481 e. The van der Waals surface area contributed by atoms with Gasteiger partial charge >= 0.3 is 5.97 Å². The van der Waals surface area contributed by atoms with Gasteiger partial charge in [-0.15, -0.1) is 0 Å². The average molecular weight is 271 g/mol. The minimum Gasteiger partial charge on any atom is -0.481 e. The summed E-state index contributed by atoms with van der Waals surface area (Å²) < 4.78 is 5.63. The lowest BCUT2D eigenvalue weighted by Crippen LogP contribution is -2.43. The zero-order chi connectivity index (χ0) is 14.1. The van der Waals surface area contributed by atoms with E-state index in [0.29, 0.717) is 6.61 Å². The first-order valence-electron chi connectivity index (χ1n) is 7.74. The Bertz CT molecular complexity index is 244. The fourth-order valence-electron chi connectivity index (χ4n) is 2.90. The second-order valence-corrected chi connectivity index (χ2v) is 5.48. The molecule has 1 aliphatic heterocycles. The van der Waals surface area contributed by atoms with Crippen molar-refractivity contribution in [2.45, 2.75) is 70.9 Å². The number of ether oxygens (including phenoxy) is 1. The number of rotatable bonds is 9. The quantitative estimate of drug-likeness (QED) is 0.700. The van der Waals surface area contributed by atoms with E-state index in [4.69, 9.17) is 9.84 Å². The highest BCUT2D eigenvalue weighted by atomic mass is 16.5. The Labute approximate surface area is 117 Å². The van der Waals surface area contributed by atoms with Crippen LogP contribution in [-0.4, -0.2) is 47.8 Å². The Balaban J connectivity index is 2.24. The van der Waals surface area contributed by atoms with Crippen molar-refractivity contribution in [1.82, 2.24) is 4.90 Å². The van der Waals surface area contributed by atoms with Crippen molar-refractivity contribution in [3.05, 3.63) is 0 Å². The predicted molar refractivity (Wildman–Crippen MR) is 76.4 cm³/mol. The van der Waals surface area contributed by atoms with Crippen LogP contribution in [0.5, 0.6) is 0 Å². The first-order chi connectivity index (χ1) is 9.17. The lowest BCUT2D eigenvalue weighted by Gasteiger charge is -2.37. The molecule has 0 aromatic rings. The van der Waals surface area contributed by atoms with Crippen molar-refractivity contribution in [3.63, 3.8) is 0 Å². The van der Waals surface area contributed by atoms with E-state index in [9.17, 15) is 4.79 Å². The van der Waals surface area contributed by atoms with Crippen LogP contribution in [0.3, 0.4) is 0 Å². The summed E-state index contributed by atoms with van der Waals surface area (Å²) in [6, 6.07) is 0.731. The van der Waals surface area contributed by atoms with Crippen molar-refractivity contribution in [2.75, 3.05) is 19.7 Å². The minimum atomic E-state index is -0.775. The van der Waals surface area contributed by atoms with Crippen LogP contribution in [-0.2, 0) is 9.53 Å². The van der Waals surface area contributed by atoms with Crippen LogP contribution in [0, 0.1) is 0 Å². The van der Waals surface area contributed by atoms with Gasteiger partial charge in [-0.1, -0.05) is 26.7 Å². The molecule has 1 aliphatic rings. The number of hydrogen-bond acceptors (Lipinski definition) is 3. The predicted octanol–water partition coefficient (Wildman–Crippen LogP) is 2.91. The summed E-state index contributed by atoms with van der Waals surface area (Å²) in [4.78, 5) is 13.0. The highest BCUT2D eigenvalue weighted by Crippen LogP contribution is 2.21. The maximum atomic E-state index is 10.4. The van der Waals surface area contributed by atoms with Crippen LogP contribution in [0.25, 0.3) is 0 Å². The summed E-state index contributed by atoms with van der Waals surface area (Å²) in [5.41, 5.74) is 0. The van der Waals surface area contributed by atoms with Crippen LogP contribution in [0.1, 0.15) is 58.8 Å². The summed E-state index contributed by atoms with van der Waals surface area (Å²) in [6.07, 6.45) is 7.55. The van der Waals surface area contributed by atoms with Crippen LogP contribution in [0.2, 0.25) is 0 Å². The van der Waals surface area contributed by atoms with E-state index in [2.05, 4.69) is 18.7 Å². The molecule has 1 N–H and O–H groups in total. The zero-order valence-corrected chi connectivity index (χ0v) is 12.4. The molecule has 0 radical (unpaired) electrons. The molecule has 112 valence electrons. The molecule has 0 amide bonds. The molecule has 0 atom stereocenters. The molecule has 1 saturated heterocycles. The smallest absolute Gasteiger partial charge is 0.305 e. The van der Waals surface area contributed by atoms with Crippen molar-refractivity contribution < 1.29 is 14.6 Å². The molecule has 0 aromatic heterocycles. The van der Waals surface area contributed by atoms with Gasteiger partial charge in [0.2, 0.25) is 0 Å². The van der Waals surface area contributed by atoms with Gasteiger partial charge in [-0.05, 0) is 25.7 Å². The third-order valence-electron chi connectivity index (χ3n) is 3.91. The van der Waals surface area contributed by atoms with E-state index >= 15 is 0 Å². The summed E-state index contributed by atoms with van der Waals surface area (Å²) in [6.45, 7) is 7.06. The summed E-state index contributed by atoms with van der Waals surface area (Å²) in [7, 11) is 0. The monoisotopic (exact) mass is 271 g/mol. The average Bonchev–Trinajstić information content (AvgIpc) is 2.39. The molecule has 0 unspecified atom stereocenters. The minimum absolute atomic E-state index is 0.120. The normalized spacial score (nSPS) is 18.1. The molecule has 4 heteroatoms. The van der Waals surface area contributed by atoms with Gasteiger partial charge in [0.25, 0.3) is 0 Å². The molecule has 1 rings (SSSR count). The number of hydrogen-bond donors (Lipinski definition) is 1. The Morgan fingerprint density at radius 1 is 1.26 bits per heavy atom. The van der Waals surface area contributed by atoms with Gasteiger partial charge in [0.1, 0.15) is 0 Å². The molecule has 1 heterocycles. The standard InChI is InChI=1S/C15H29NO3/c1-3-5-13(6-4-2)16-10-7-14(8-11-16)19-12-9-15(17)18/h13-14H,3-12H2,1-2H3,(H,17,18).